The van der Waals surface area contributed by atoms with Crippen molar-refractivity contribution in [3.8, 4) is 0 Å². The molecular weight excluding hydrogens is 388 g/mol. The molecule has 0 aromatic heterocycles. The number of methoxy groups -OCH3 is 1. The molecule has 1 saturated heterocycles. The number of carbonyl (C=O) groups is 3. The van der Waals surface area contributed by atoms with Gasteiger partial charge in [0.25, 0.3) is 0 Å². The number of amides is 2. The maximum absolute atomic E-state index is 13.2. The molecule has 0 bridgehead atoms. The Morgan fingerprint density at radius 1 is 0.933 bits per heavy atom. The topological polar surface area (TPSA) is 85.4 Å². The summed E-state index contributed by atoms with van der Waals surface area (Å²) < 4.78 is 16.2. The van der Waals surface area contributed by atoms with Crippen LogP contribution in [0, 0.1) is 0 Å². The highest BCUT2D eigenvalue weighted by molar-refractivity contribution is 5.94. The van der Waals surface area contributed by atoms with Gasteiger partial charge < -0.3 is 14.2 Å². The van der Waals surface area contributed by atoms with Gasteiger partial charge in [-0.3, -0.25) is 9.80 Å². The first kappa shape index (κ1) is 21.9. The minimum atomic E-state index is -0.863. The Hall–Kier alpha value is -2.77. The molecular formula is C22H30N2O6. The first-order valence-corrected chi connectivity index (χ1v) is 10.0. The van der Waals surface area contributed by atoms with Crippen molar-refractivity contribution < 1.29 is 28.6 Å². The third-order valence-electron chi connectivity index (χ3n) is 4.99. The third kappa shape index (κ3) is 4.08. The molecule has 2 amide bonds. The van der Waals surface area contributed by atoms with Gasteiger partial charge in [0.2, 0.25) is 0 Å². The van der Waals surface area contributed by atoms with Gasteiger partial charge in [0, 0.05) is 5.92 Å². The molecule has 8 heteroatoms. The summed E-state index contributed by atoms with van der Waals surface area (Å²) in [6.45, 7) is 10.6. The lowest BCUT2D eigenvalue weighted by Gasteiger charge is -2.36. The lowest BCUT2D eigenvalue weighted by atomic mass is 9.96. The maximum Gasteiger partial charge on any atom is 0.416 e. The van der Waals surface area contributed by atoms with Gasteiger partial charge in [-0.2, -0.15) is 0 Å². The van der Waals surface area contributed by atoms with E-state index in [-0.39, 0.29) is 5.92 Å². The van der Waals surface area contributed by atoms with Crippen molar-refractivity contribution in [1.82, 2.24) is 4.90 Å². The Labute approximate surface area is 177 Å². The number of ether oxygens (including phenoxy) is 3. The van der Waals surface area contributed by atoms with Crippen molar-refractivity contribution in [3.05, 3.63) is 29.8 Å². The predicted molar refractivity (Wildman–Crippen MR) is 110 cm³/mol. The number of hydrogen-bond donors (Lipinski definition) is 0. The predicted octanol–water partition coefficient (Wildman–Crippen LogP) is 4.03. The summed E-state index contributed by atoms with van der Waals surface area (Å²) in [5.41, 5.74) is 0.0613. The number of nitrogens with zero attached hydrogens (tertiary/aromatic N) is 2. The van der Waals surface area contributed by atoms with Crippen molar-refractivity contribution in [2.75, 3.05) is 12.0 Å². The van der Waals surface area contributed by atoms with Crippen LogP contribution in [0.3, 0.4) is 0 Å². The van der Waals surface area contributed by atoms with Crippen LogP contribution in [0.2, 0.25) is 0 Å². The van der Waals surface area contributed by atoms with Crippen LogP contribution in [0.1, 0.15) is 59.4 Å². The zero-order valence-electron chi connectivity index (χ0n) is 18.6. The number of hydrogen-bond acceptors (Lipinski definition) is 6. The molecule has 0 unspecified atom stereocenters. The third-order valence-corrected chi connectivity index (χ3v) is 4.99. The van der Waals surface area contributed by atoms with Crippen molar-refractivity contribution in [3.63, 3.8) is 0 Å². The fraction of sp³-hybridized carbons (Fsp3) is 0.591. The SMILES string of the molecule is COC(=O)[C@@H]1C[C@H]2c3ccccc3N(C(=O)OC(C)(C)C)[C@H]2N1C(=O)OC(C)(C)C. The van der Waals surface area contributed by atoms with Crippen LogP contribution in [0.5, 0.6) is 0 Å². The van der Waals surface area contributed by atoms with Gasteiger partial charge in [0.05, 0.1) is 12.8 Å². The number of likely N-dealkylation sites (tertiary alicyclic amines) is 1. The maximum atomic E-state index is 13.2. The van der Waals surface area contributed by atoms with Crippen LogP contribution in [-0.2, 0) is 19.0 Å². The van der Waals surface area contributed by atoms with Crippen LogP contribution in [0.25, 0.3) is 0 Å². The van der Waals surface area contributed by atoms with E-state index in [4.69, 9.17) is 14.2 Å². The number of benzene rings is 1. The molecule has 164 valence electrons. The Morgan fingerprint density at radius 2 is 1.50 bits per heavy atom. The smallest absolute Gasteiger partial charge is 0.416 e. The molecule has 0 saturated carbocycles. The summed E-state index contributed by atoms with van der Waals surface area (Å²) in [7, 11) is 1.28. The quantitative estimate of drug-likeness (QED) is 0.506. The molecule has 2 aliphatic heterocycles. The Kier molecular flexibility index (Phi) is 5.47. The molecule has 1 aromatic carbocycles. The van der Waals surface area contributed by atoms with Crippen LogP contribution in [0.4, 0.5) is 15.3 Å². The largest absolute Gasteiger partial charge is 0.467 e. The van der Waals surface area contributed by atoms with E-state index in [9.17, 15) is 14.4 Å². The normalized spacial score (nSPS) is 23.0. The zero-order chi connectivity index (χ0) is 22.4. The second-order valence-electron chi connectivity index (χ2n) is 9.59. The molecule has 2 aliphatic rings. The van der Waals surface area contributed by atoms with E-state index in [0.29, 0.717) is 12.1 Å². The molecule has 0 N–H and O–H groups in total. The van der Waals surface area contributed by atoms with Crippen molar-refractivity contribution >= 4 is 23.8 Å². The van der Waals surface area contributed by atoms with Crippen LogP contribution < -0.4 is 4.90 Å². The average Bonchev–Trinajstić information content (AvgIpc) is 3.12. The Bertz CT molecular complexity index is 854. The molecule has 1 aromatic rings. The van der Waals surface area contributed by atoms with E-state index in [1.54, 1.807) is 41.5 Å². The summed E-state index contributed by atoms with van der Waals surface area (Å²) in [6.07, 6.45) is -1.67. The van der Waals surface area contributed by atoms with E-state index < -0.39 is 41.6 Å². The van der Waals surface area contributed by atoms with Crippen molar-refractivity contribution in [2.24, 2.45) is 0 Å². The molecule has 3 atom stereocenters. The van der Waals surface area contributed by atoms with Gasteiger partial charge in [0.15, 0.2) is 0 Å². The van der Waals surface area contributed by atoms with Gasteiger partial charge in [0.1, 0.15) is 23.4 Å². The first-order valence-electron chi connectivity index (χ1n) is 10.0. The van der Waals surface area contributed by atoms with Crippen molar-refractivity contribution in [2.45, 2.75) is 77.3 Å². The highest BCUT2D eigenvalue weighted by Gasteiger charge is 2.57. The Morgan fingerprint density at radius 3 is 2.07 bits per heavy atom. The fourth-order valence-electron chi connectivity index (χ4n) is 4.02. The molecule has 8 nitrogen and oxygen atoms in total. The number of esters is 1. The molecule has 0 radical (unpaired) electrons. The highest BCUT2D eigenvalue weighted by Crippen LogP contribution is 2.50. The van der Waals surface area contributed by atoms with E-state index in [0.717, 1.165) is 5.56 Å². The standard InChI is InChI=1S/C22H30N2O6/c1-21(2,3)29-19(26)23-15-11-9-8-10-13(15)14-12-16(18(25)28-7)24(17(14)23)20(27)30-22(4,5)6/h8-11,14,16-17H,12H2,1-7H3/t14-,16-,17-/m0/s1. The zero-order valence-corrected chi connectivity index (χ0v) is 18.6. The molecule has 1 fully saturated rings. The fourth-order valence-corrected chi connectivity index (χ4v) is 4.02. The van der Waals surface area contributed by atoms with Gasteiger partial charge >= 0.3 is 18.2 Å². The summed E-state index contributed by atoms with van der Waals surface area (Å²) in [6, 6.07) is 6.56. The second kappa shape index (κ2) is 7.49. The van der Waals surface area contributed by atoms with E-state index >= 15 is 0 Å². The molecule has 3 rings (SSSR count). The van der Waals surface area contributed by atoms with Crippen LogP contribution >= 0.6 is 0 Å². The summed E-state index contributed by atoms with van der Waals surface area (Å²) >= 11 is 0. The lowest BCUT2D eigenvalue weighted by Crippen LogP contribution is -2.55. The van der Waals surface area contributed by atoms with Gasteiger partial charge in [-0.25, -0.2) is 14.4 Å². The second-order valence-corrected chi connectivity index (χ2v) is 9.59. The van der Waals surface area contributed by atoms with E-state index in [2.05, 4.69) is 0 Å². The summed E-state index contributed by atoms with van der Waals surface area (Å²) in [4.78, 5) is 41.6. The first-order chi connectivity index (χ1) is 13.8. The number of fused-ring (bicyclic) bond motifs is 3. The molecule has 30 heavy (non-hydrogen) atoms. The monoisotopic (exact) mass is 418 g/mol. The number of carbonyl (C=O) groups excluding carboxylic acids is 3. The van der Waals surface area contributed by atoms with E-state index in [1.807, 2.05) is 24.3 Å². The van der Waals surface area contributed by atoms with Gasteiger partial charge in [-0.05, 0) is 59.6 Å². The lowest BCUT2D eigenvalue weighted by molar-refractivity contribution is -0.146. The Balaban J connectivity index is 2.08. The number of anilines is 1. The van der Waals surface area contributed by atoms with Gasteiger partial charge in [-0.1, -0.05) is 18.2 Å². The average molecular weight is 418 g/mol. The highest BCUT2D eigenvalue weighted by atomic mass is 16.6. The molecule has 0 aliphatic carbocycles. The van der Waals surface area contributed by atoms with Gasteiger partial charge in [-0.15, -0.1) is 0 Å². The minimum absolute atomic E-state index is 0.259. The summed E-state index contributed by atoms with van der Waals surface area (Å²) in [5, 5.41) is 0. The van der Waals surface area contributed by atoms with Crippen LogP contribution in [0.15, 0.2) is 24.3 Å². The minimum Gasteiger partial charge on any atom is -0.467 e. The number of rotatable bonds is 1. The van der Waals surface area contributed by atoms with Crippen LogP contribution in [-0.4, -0.2) is 53.6 Å². The van der Waals surface area contributed by atoms with Crippen molar-refractivity contribution in [1.29, 1.82) is 0 Å². The summed E-state index contributed by atoms with van der Waals surface area (Å²) in [5.74, 6) is -0.804. The molecule has 0 spiro atoms. The molecule has 2 heterocycles. The number of para-hydroxylation sites is 1. The van der Waals surface area contributed by atoms with E-state index in [1.165, 1.54) is 16.9 Å².